The SMILES string of the molecule is CC(=O)[C@H]1[C@@H]2CC[C@@H](C2)[C@@H]1N. The number of carbonyl (C=O) groups excluding carboxylic acids is 1. The monoisotopic (exact) mass is 153 g/mol. The molecule has 0 unspecified atom stereocenters. The lowest BCUT2D eigenvalue weighted by Gasteiger charge is -2.25. The highest BCUT2D eigenvalue weighted by molar-refractivity contribution is 5.80. The van der Waals surface area contributed by atoms with Gasteiger partial charge < -0.3 is 5.73 Å². The molecule has 2 N–H and O–H groups in total. The second-order valence-corrected chi connectivity index (χ2v) is 4.05. The Hall–Kier alpha value is -0.370. The van der Waals surface area contributed by atoms with Crippen LogP contribution in [0.25, 0.3) is 0 Å². The Morgan fingerprint density at radius 3 is 2.36 bits per heavy atom. The van der Waals surface area contributed by atoms with Crippen molar-refractivity contribution in [1.82, 2.24) is 0 Å². The van der Waals surface area contributed by atoms with Gasteiger partial charge in [0.25, 0.3) is 0 Å². The van der Waals surface area contributed by atoms with Gasteiger partial charge in [0.15, 0.2) is 0 Å². The molecule has 2 rings (SSSR count). The summed E-state index contributed by atoms with van der Waals surface area (Å²) in [5, 5.41) is 0. The van der Waals surface area contributed by atoms with Gasteiger partial charge >= 0.3 is 0 Å². The van der Waals surface area contributed by atoms with Crippen molar-refractivity contribution >= 4 is 5.78 Å². The molecule has 2 saturated carbocycles. The lowest BCUT2D eigenvalue weighted by atomic mass is 9.83. The summed E-state index contributed by atoms with van der Waals surface area (Å²) in [4.78, 5) is 11.2. The summed E-state index contributed by atoms with van der Waals surface area (Å²) in [6, 6.07) is 0.186. The zero-order valence-corrected chi connectivity index (χ0v) is 6.92. The summed E-state index contributed by atoms with van der Waals surface area (Å²) >= 11 is 0. The molecule has 2 aliphatic rings. The van der Waals surface area contributed by atoms with E-state index in [2.05, 4.69) is 0 Å². The number of carbonyl (C=O) groups is 1. The number of Topliss-reactive ketones (excluding diaryl/α,β-unsaturated/α-hetero) is 1. The Morgan fingerprint density at radius 2 is 2.00 bits per heavy atom. The number of hydrogen-bond donors (Lipinski definition) is 1. The van der Waals surface area contributed by atoms with Crippen molar-refractivity contribution in [2.45, 2.75) is 32.2 Å². The van der Waals surface area contributed by atoms with Crippen LogP contribution in [0.2, 0.25) is 0 Å². The van der Waals surface area contributed by atoms with Crippen LogP contribution in [0.4, 0.5) is 0 Å². The first kappa shape index (κ1) is 7.29. The highest BCUT2D eigenvalue weighted by atomic mass is 16.1. The van der Waals surface area contributed by atoms with Gasteiger partial charge in [0.05, 0.1) is 0 Å². The molecule has 0 saturated heterocycles. The van der Waals surface area contributed by atoms with Crippen molar-refractivity contribution in [3.63, 3.8) is 0 Å². The third kappa shape index (κ3) is 0.924. The Balaban J connectivity index is 2.17. The van der Waals surface area contributed by atoms with Crippen LogP contribution in [0.5, 0.6) is 0 Å². The predicted molar refractivity (Wildman–Crippen MR) is 43.0 cm³/mol. The highest BCUT2D eigenvalue weighted by Gasteiger charge is 2.47. The molecule has 2 bridgehead atoms. The lowest BCUT2D eigenvalue weighted by molar-refractivity contribution is -0.122. The molecule has 0 spiro atoms. The van der Waals surface area contributed by atoms with Gasteiger partial charge in [-0.05, 0) is 38.0 Å². The normalized spacial score (nSPS) is 48.2. The minimum Gasteiger partial charge on any atom is -0.327 e. The fourth-order valence-corrected chi connectivity index (χ4v) is 2.94. The van der Waals surface area contributed by atoms with Gasteiger partial charge in [-0.3, -0.25) is 4.79 Å². The number of nitrogens with two attached hydrogens (primary N) is 1. The smallest absolute Gasteiger partial charge is 0.134 e. The van der Waals surface area contributed by atoms with E-state index in [1.165, 1.54) is 19.3 Å². The van der Waals surface area contributed by atoms with E-state index in [1.807, 2.05) is 0 Å². The van der Waals surface area contributed by atoms with Crippen LogP contribution < -0.4 is 5.73 Å². The van der Waals surface area contributed by atoms with Crippen LogP contribution in [0.15, 0.2) is 0 Å². The maximum absolute atomic E-state index is 11.2. The predicted octanol–water partition coefficient (Wildman–Crippen LogP) is 0.949. The van der Waals surface area contributed by atoms with Gasteiger partial charge in [-0.15, -0.1) is 0 Å². The molecule has 0 radical (unpaired) electrons. The van der Waals surface area contributed by atoms with Gasteiger partial charge in [0.2, 0.25) is 0 Å². The largest absolute Gasteiger partial charge is 0.327 e. The van der Waals surface area contributed by atoms with Gasteiger partial charge in [0, 0.05) is 12.0 Å². The van der Waals surface area contributed by atoms with E-state index in [9.17, 15) is 4.79 Å². The topological polar surface area (TPSA) is 43.1 Å². The van der Waals surface area contributed by atoms with E-state index in [4.69, 9.17) is 5.73 Å². The molecule has 62 valence electrons. The van der Waals surface area contributed by atoms with Crippen molar-refractivity contribution in [2.75, 3.05) is 0 Å². The highest BCUT2D eigenvalue weighted by Crippen LogP contribution is 2.47. The Bertz CT molecular complexity index is 188. The summed E-state index contributed by atoms with van der Waals surface area (Å²) in [6.45, 7) is 1.69. The van der Waals surface area contributed by atoms with Crippen LogP contribution >= 0.6 is 0 Å². The third-order valence-electron chi connectivity index (χ3n) is 3.45. The lowest BCUT2D eigenvalue weighted by Crippen LogP contribution is -2.39. The summed E-state index contributed by atoms with van der Waals surface area (Å²) < 4.78 is 0. The molecule has 0 aromatic carbocycles. The fourth-order valence-electron chi connectivity index (χ4n) is 2.94. The van der Waals surface area contributed by atoms with Crippen LogP contribution in [0.1, 0.15) is 26.2 Å². The quantitative estimate of drug-likeness (QED) is 0.609. The molecule has 2 aliphatic carbocycles. The molecule has 0 aromatic rings. The molecular formula is C9H15NO. The van der Waals surface area contributed by atoms with Gasteiger partial charge in [-0.2, -0.15) is 0 Å². The van der Waals surface area contributed by atoms with E-state index in [0.29, 0.717) is 17.6 Å². The first-order valence-corrected chi connectivity index (χ1v) is 4.46. The zero-order chi connectivity index (χ0) is 8.01. The molecule has 0 aliphatic heterocycles. The fraction of sp³-hybridized carbons (Fsp3) is 0.889. The van der Waals surface area contributed by atoms with Crippen LogP contribution in [-0.4, -0.2) is 11.8 Å². The number of ketones is 1. The second kappa shape index (κ2) is 2.31. The van der Waals surface area contributed by atoms with Crippen molar-refractivity contribution < 1.29 is 4.79 Å². The third-order valence-corrected chi connectivity index (χ3v) is 3.45. The van der Waals surface area contributed by atoms with E-state index in [1.54, 1.807) is 6.92 Å². The first-order valence-electron chi connectivity index (χ1n) is 4.46. The van der Waals surface area contributed by atoms with Gasteiger partial charge in [-0.25, -0.2) is 0 Å². The van der Waals surface area contributed by atoms with Crippen molar-refractivity contribution in [3.05, 3.63) is 0 Å². The average molecular weight is 153 g/mol. The van der Waals surface area contributed by atoms with Gasteiger partial charge in [-0.1, -0.05) is 0 Å². The Morgan fingerprint density at radius 1 is 1.36 bits per heavy atom. The number of hydrogen-bond acceptors (Lipinski definition) is 2. The van der Waals surface area contributed by atoms with Crippen LogP contribution in [-0.2, 0) is 4.79 Å². The molecule has 0 heterocycles. The van der Waals surface area contributed by atoms with Gasteiger partial charge in [0.1, 0.15) is 5.78 Å². The average Bonchev–Trinajstić information content (AvgIpc) is 2.44. The van der Waals surface area contributed by atoms with Crippen molar-refractivity contribution in [2.24, 2.45) is 23.5 Å². The van der Waals surface area contributed by atoms with Crippen LogP contribution in [0.3, 0.4) is 0 Å². The molecule has 0 amide bonds. The summed E-state index contributed by atoms with van der Waals surface area (Å²) in [7, 11) is 0. The zero-order valence-electron chi connectivity index (χ0n) is 6.92. The summed E-state index contributed by atoms with van der Waals surface area (Å²) in [5.41, 5.74) is 5.94. The molecule has 2 nitrogen and oxygen atoms in total. The van der Waals surface area contributed by atoms with E-state index in [0.717, 1.165) is 0 Å². The first-order chi connectivity index (χ1) is 5.20. The summed E-state index contributed by atoms with van der Waals surface area (Å²) in [6.07, 6.45) is 3.71. The molecule has 11 heavy (non-hydrogen) atoms. The van der Waals surface area contributed by atoms with E-state index in [-0.39, 0.29) is 12.0 Å². The standard InChI is InChI=1S/C9H15NO/c1-5(11)8-6-2-3-7(4-6)9(8)10/h6-9H,2-4,10H2,1H3/t6-,7+,8+,9+/m1/s1. The molecular weight excluding hydrogens is 138 g/mol. The Kier molecular flexibility index (Phi) is 1.53. The summed E-state index contributed by atoms with van der Waals surface area (Å²) in [5.74, 6) is 1.81. The molecule has 2 fully saturated rings. The van der Waals surface area contributed by atoms with Crippen LogP contribution in [0, 0.1) is 17.8 Å². The molecule has 0 aromatic heterocycles. The number of rotatable bonds is 1. The van der Waals surface area contributed by atoms with E-state index < -0.39 is 0 Å². The Labute approximate surface area is 67.1 Å². The second-order valence-electron chi connectivity index (χ2n) is 4.05. The molecule has 4 atom stereocenters. The maximum Gasteiger partial charge on any atom is 0.134 e. The minimum atomic E-state index is 0.186. The number of fused-ring (bicyclic) bond motifs is 2. The van der Waals surface area contributed by atoms with Crippen molar-refractivity contribution in [3.8, 4) is 0 Å². The minimum absolute atomic E-state index is 0.186. The van der Waals surface area contributed by atoms with E-state index >= 15 is 0 Å². The van der Waals surface area contributed by atoms with Crippen molar-refractivity contribution in [1.29, 1.82) is 0 Å². The maximum atomic E-state index is 11.2. The molecule has 2 heteroatoms.